The van der Waals surface area contributed by atoms with Gasteiger partial charge in [-0.3, -0.25) is 4.79 Å². The molecule has 0 aliphatic rings. The molecule has 0 unspecified atom stereocenters. The van der Waals surface area contributed by atoms with Gasteiger partial charge in [0.1, 0.15) is 24.2 Å². The molecule has 6 heteroatoms. The molecule has 1 aromatic heterocycles. The van der Waals surface area contributed by atoms with Gasteiger partial charge in [-0.2, -0.15) is 0 Å². The smallest absolute Gasteiger partial charge is 0.252 e. The number of aliphatic hydroxyl groups excluding tert-OH is 1. The second-order valence-electron chi connectivity index (χ2n) is 6.88. The minimum absolute atomic E-state index is 0.113. The lowest BCUT2D eigenvalue weighted by molar-refractivity contribution is 0.106. The summed E-state index contributed by atoms with van der Waals surface area (Å²) in [4.78, 5) is 15.3. The standard InChI is InChI=1S/C22H26N2O4/c1-14-4-5-15(2)21-20(14)10-16(22(26)24-21)11-23-12-17(25)13-28-19-8-6-18(27-3)7-9-19/h4-10,17,23,25H,11-13H2,1-3H3,(H,24,26)/t17-/m0/s1. The van der Waals surface area contributed by atoms with Gasteiger partial charge in [0.25, 0.3) is 5.56 Å². The number of aliphatic hydroxyl groups is 1. The van der Waals surface area contributed by atoms with E-state index in [2.05, 4.69) is 10.3 Å². The molecule has 0 bridgehead atoms. The monoisotopic (exact) mass is 382 g/mol. The van der Waals surface area contributed by atoms with Crippen molar-refractivity contribution in [1.29, 1.82) is 0 Å². The van der Waals surface area contributed by atoms with Crippen LogP contribution < -0.4 is 20.3 Å². The Bertz CT molecular complexity index is 996. The largest absolute Gasteiger partial charge is 0.497 e. The third-order valence-electron chi connectivity index (χ3n) is 4.72. The van der Waals surface area contributed by atoms with Crippen molar-refractivity contribution >= 4 is 10.9 Å². The summed E-state index contributed by atoms with van der Waals surface area (Å²) in [5.74, 6) is 1.41. The van der Waals surface area contributed by atoms with Crippen LogP contribution in [0.25, 0.3) is 10.9 Å². The van der Waals surface area contributed by atoms with Crippen molar-refractivity contribution in [2.45, 2.75) is 26.5 Å². The predicted molar refractivity (Wildman–Crippen MR) is 110 cm³/mol. The Labute approximate surface area is 164 Å². The molecule has 3 N–H and O–H groups in total. The van der Waals surface area contributed by atoms with Crippen molar-refractivity contribution in [3.05, 3.63) is 69.5 Å². The lowest BCUT2D eigenvalue weighted by Crippen LogP contribution is -2.32. The first kappa shape index (κ1) is 19.9. The molecule has 1 atom stereocenters. The quantitative estimate of drug-likeness (QED) is 0.558. The molecule has 1 heterocycles. The van der Waals surface area contributed by atoms with Gasteiger partial charge in [-0.05, 0) is 55.3 Å². The molecule has 0 aliphatic heterocycles. The average Bonchev–Trinajstić information content (AvgIpc) is 2.70. The maximum Gasteiger partial charge on any atom is 0.252 e. The van der Waals surface area contributed by atoms with Crippen LogP contribution in [0.2, 0.25) is 0 Å². The zero-order chi connectivity index (χ0) is 20.1. The second-order valence-corrected chi connectivity index (χ2v) is 6.88. The molecule has 28 heavy (non-hydrogen) atoms. The van der Waals surface area contributed by atoms with Crippen LogP contribution in [0.1, 0.15) is 16.7 Å². The highest BCUT2D eigenvalue weighted by atomic mass is 16.5. The highest BCUT2D eigenvalue weighted by molar-refractivity contribution is 5.85. The number of fused-ring (bicyclic) bond motifs is 1. The molecule has 0 aliphatic carbocycles. The Morgan fingerprint density at radius 3 is 2.46 bits per heavy atom. The van der Waals surface area contributed by atoms with Gasteiger partial charge in [-0.25, -0.2) is 0 Å². The highest BCUT2D eigenvalue weighted by Crippen LogP contribution is 2.20. The van der Waals surface area contributed by atoms with Gasteiger partial charge in [0.2, 0.25) is 0 Å². The second kappa shape index (κ2) is 8.91. The van der Waals surface area contributed by atoms with Gasteiger partial charge in [0.15, 0.2) is 0 Å². The summed E-state index contributed by atoms with van der Waals surface area (Å²) in [5, 5.41) is 14.3. The first-order valence-corrected chi connectivity index (χ1v) is 9.25. The van der Waals surface area contributed by atoms with Crippen molar-refractivity contribution in [3.63, 3.8) is 0 Å². The van der Waals surface area contributed by atoms with E-state index in [4.69, 9.17) is 9.47 Å². The molecular formula is C22H26N2O4. The highest BCUT2D eigenvalue weighted by Gasteiger charge is 2.09. The number of pyridine rings is 1. The van der Waals surface area contributed by atoms with Crippen LogP contribution in [0.5, 0.6) is 11.5 Å². The van der Waals surface area contributed by atoms with Crippen molar-refractivity contribution < 1.29 is 14.6 Å². The Morgan fingerprint density at radius 1 is 1.07 bits per heavy atom. The zero-order valence-electron chi connectivity index (χ0n) is 16.4. The van der Waals surface area contributed by atoms with Gasteiger partial charge in [0.05, 0.1) is 12.6 Å². The van der Waals surface area contributed by atoms with E-state index in [1.54, 1.807) is 31.4 Å². The van der Waals surface area contributed by atoms with Crippen LogP contribution in [0.3, 0.4) is 0 Å². The number of hydrogen-bond donors (Lipinski definition) is 3. The minimum Gasteiger partial charge on any atom is -0.497 e. The lowest BCUT2D eigenvalue weighted by Gasteiger charge is -2.14. The van der Waals surface area contributed by atoms with Crippen LogP contribution in [-0.4, -0.2) is 36.5 Å². The Balaban J connectivity index is 1.54. The summed E-state index contributed by atoms with van der Waals surface area (Å²) < 4.78 is 10.7. The fourth-order valence-electron chi connectivity index (χ4n) is 3.05. The molecule has 0 saturated heterocycles. The van der Waals surface area contributed by atoms with Crippen LogP contribution in [0, 0.1) is 13.8 Å². The molecular weight excluding hydrogens is 356 g/mol. The first-order valence-electron chi connectivity index (χ1n) is 9.25. The van der Waals surface area contributed by atoms with Crippen LogP contribution in [0.15, 0.2) is 47.3 Å². The SMILES string of the molecule is COc1ccc(OC[C@@H](O)CNCc2cc3c(C)ccc(C)c3[nH]c2=O)cc1. The molecule has 3 rings (SSSR count). The third kappa shape index (κ3) is 4.71. The molecule has 2 aromatic carbocycles. The number of ether oxygens (including phenoxy) is 2. The number of hydrogen-bond acceptors (Lipinski definition) is 5. The number of benzene rings is 2. The number of nitrogens with one attached hydrogen (secondary N) is 2. The maximum absolute atomic E-state index is 12.3. The van der Waals surface area contributed by atoms with E-state index < -0.39 is 6.10 Å². The summed E-state index contributed by atoms with van der Waals surface area (Å²) in [5.41, 5.74) is 3.57. The van der Waals surface area contributed by atoms with Crippen molar-refractivity contribution in [2.75, 3.05) is 20.3 Å². The molecule has 148 valence electrons. The molecule has 0 radical (unpaired) electrons. The van der Waals surface area contributed by atoms with E-state index in [1.165, 1.54) is 0 Å². The van der Waals surface area contributed by atoms with E-state index in [-0.39, 0.29) is 12.2 Å². The number of rotatable bonds is 8. The summed E-state index contributed by atoms with van der Waals surface area (Å²) in [6.07, 6.45) is -0.689. The molecule has 0 fully saturated rings. The first-order chi connectivity index (χ1) is 13.5. The topological polar surface area (TPSA) is 83.6 Å². The number of H-pyrrole nitrogens is 1. The summed E-state index contributed by atoms with van der Waals surface area (Å²) in [6.45, 7) is 4.86. The normalized spacial score (nSPS) is 12.1. The van der Waals surface area contributed by atoms with Crippen LogP contribution in [0.4, 0.5) is 0 Å². The summed E-state index contributed by atoms with van der Waals surface area (Å²) in [6, 6.07) is 13.2. The van der Waals surface area contributed by atoms with Crippen LogP contribution in [-0.2, 0) is 6.54 Å². The zero-order valence-corrected chi connectivity index (χ0v) is 16.4. The van der Waals surface area contributed by atoms with Gasteiger partial charge >= 0.3 is 0 Å². The fraction of sp³-hybridized carbons (Fsp3) is 0.318. The van der Waals surface area contributed by atoms with Gasteiger partial charge in [-0.15, -0.1) is 0 Å². The number of aromatic amines is 1. The average molecular weight is 382 g/mol. The predicted octanol–water partition coefficient (Wildman–Crippen LogP) is 2.68. The van der Waals surface area contributed by atoms with Crippen LogP contribution >= 0.6 is 0 Å². The number of methoxy groups -OCH3 is 1. The number of aryl methyl sites for hydroxylation is 2. The summed E-state index contributed by atoms with van der Waals surface area (Å²) in [7, 11) is 1.61. The molecule has 0 spiro atoms. The molecule has 0 saturated carbocycles. The summed E-state index contributed by atoms with van der Waals surface area (Å²) >= 11 is 0. The number of aromatic nitrogens is 1. The van der Waals surface area contributed by atoms with E-state index in [1.807, 2.05) is 32.0 Å². The Kier molecular flexibility index (Phi) is 6.34. The minimum atomic E-state index is -0.689. The Hall–Kier alpha value is -2.83. The van der Waals surface area contributed by atoms with Crippen molar-refractivity contribution in [3.8, 4) is 11.5 Å². The van der Waals surface area contributed by atoms with E-state index >= 15 is 0 Å². The van der Waals surface area contributed by atoms with E-state index in [0.717, 1.165) is 27.8 Å². The van der Waals surface area contributed by atoms with Crippen molar-refractivity contribution in [1.82, 2.24) is 10.3 Å². The molecule has 3 aromatic rings. The lowest BCUT2D eigenvalue weighted by atomic mass is 10.0. The Morgan fingerprint density at radius 2 is 1.75 bits per heavy atom. The third-order valence-corrected chi connectivity index (χ3v) is 4.72. The van der Waals surface area contributed by atoms with Gasteiger partial charge in [0, 0.05) is 24.0 Å². The van der Waals surface area contributed by atoms with Gasteiger partial charge in [-0.1, -0.05) is 12.1 Å². The van der Waals surface area contributed by atoms with E-state index in [0.29, 0.717) is 24.4 Å². The van der Waals surface area contributed by atoms with Crippen molar-refractivity contribution in [2.24, 2.45) is 0 Å². The van der Waals surface area contributed by atoms with E-state index in [9.17, 15) is 9.90 Å². The molecule has 0 amide bonds. The molecule has 6 nitrogen and oxygen atoms in total. The fourth-order valence-corrected chi connectivity index (χ4v) is 3.05. The van der Waals surface area contributed by atoms with Gasteiger partial charge < -0.3 is 24.9 Å². The maximum atomic E-state index is 12.3.